The van der Waals surface area contributed by atoms with Crippen molar-refractivity contribution in [2.45, 2.75) is 30.8 Å². The van der Waals surface area contributed by atoms with Gasteiger partial charge in [-0.3, -0.25) is 14.6 Å². The summed E-state index contributed by atoms with van der Waals surface area (Å²) in [6, 6.07) is 14.6. The summed E-state index contributed by atoms with van der Waals surface area (Å²) in [6.07, 6.45) is 1.38. The standard InChI is InChI=1S/C27H31Cl2N5O4/c28-22-9-6-20(16-23(22)29)30-25(36)32-12-10-31(11-13-32)24(35)27(17-19-4-2-1-3-5-19)18-33(21-7-8-21)14-15-34(27)26(37)38/h1-6,9,16,21H,7-8,10-15,17-18H2,(H,30,36)(H,37,38). The molecule has 202 valence electrons. The van der Waals surface area contributed by atoms with Crippen molar-refractivity contribution in [2.24, 2.45) is 0 Å². The fourth-order valence-electron chi connectivity index (χ4n) is 5.50. The van der Waals surface area contributed by atoms with Crippen molar-refractivity contribution in [1.82, 2.24) is 19.6 Å². The molecule has 1 unspecified atom stereocenters. The zero-order chi connectivity index (χ0) is 26.9. The third-order valence-electron chi connectivity index (χ3n) is 7.65. The largest absolute Gasteiger partial charge is 0.465 e. The van der Waals surface area contributed by atoms with Gasteiger partial charge in [0.05, 0.1) is 10.0 Å². The van der Waals surface area contributed by atoms with Crippen LogP contribution in [0.25, 0.3) is 0 Å². The van der Waals surface area contributed by atoms with Crippen LogP contribution in [0.15, 0.2) is 48.5 Å². The molecule has 4 amide bonds. The number of amides is 4. The summed E-state index contributed by atoms with van der Waals surface area (Å²) in [5.41, 5.74) is 0.229. The van der Waals surface area contributed by atoms with Crippen LogP contribution in [0.3, 0.4) is 0 Å². The summed E-state index contributed by atoms with van der Waals surface area (Å²) in [7, 11) is 0. The van der Waals surface area contributed by atoms with Gasteiger partial charge in [-0.15, -0.1) is 0 Å². The highest BCUT2D eigenvalue weighted by molar-refractivity contribution is 6.42. The Morgan fingerprint density at radius 1 is 0.895 bits per heavy atom. The molecule has 1 atom stereocenters. The van der Waals surface area contributed by atoms with E-state index in [-0.39, 0.29) is 18.5 Å². The maximum atomic E-state index is 14.3. The summed E-state index contributed by atoms with van der Waals surface area (Å²) in [5, 5.41) is 13.8. The van der Waals surface area contributed by atoms with Gasteiger partial charge < -0.3 is 20.2 Å². The predicted molar refractivity (Wildman–Crippen MR) is 146 cm³/mol. The van der Waals surface area contributed by atoms with Gasteiger partial charge in [0.2, 0.25) is 5.91 Å². The first-order chi connectivity index (χ1) is 18.3. The molecule has 0 bridgehead atoms. The van der Waals surface area contributed by atoms with Gasteiger partial charge in [0, 0.05) is 64.0 Å². The highest BCUT2D eigenvalue weighted by Crippen LogP contribution is 2.35. The molecule has 1 aliphatic carbocycles. The fourth-order valence-corrected chi connectivity index (χ4v) is 5.80. The molecule has 2 saturated heterocycles. The number of piperazine rings is 2. The van der Waals surface area contributed by atoms with Crippen LogP contribution < -0.4 is 5.32 Å². The van der Waals surface area contributed by atoms with E-state index in [1.54, 1.807) is 28.0 Å². The van der Waals surface area contributed by atoms with Crippen LogP contribution in [0.5, 0.6) is 0 Å². The fraction of sp³-hybridized carbons (Fsp3) is 0.444. The van der Waals surface area contributed by atoms with Crippen LogP contribution in [0, 0.1) is 0 Å². The summed E-state index contributed by atoms with van der Waals surface area (Å²) in [4.78, 5) is 46.6. The van der Waals surface area contributed by atoms with Crippen molar-refractivity contribution in [3.63, 3.8) is 0 Å². The van der Waals surface area contributed by atoms with Gasteiger partial charge in [-0.25, -0.2) is 9.59 Å². The van der Waals surface area contributed by atoms with Gasteiger partial charge in [-0.05, 0) is 36.6 Å². The number of carbonyl (C=O) groups is 3. The minimum atomic E-state index is -1.22. The molecular formula is C27H31Cl2N5O4. The molecule has 0 radical (unpaired) electrons. The first kappa shape index (κ1) is 26.6. The molecule has 0 spiro atoms. The number of nitrogens with one attached hydrogen (secondary N) is 1. The van der Waals surface area contributed by atoms with Crippen molar-refractivity contribution in [3.8, 4) is 0 Å². The van der Waals surface area contributed by atoms with E-state index in [0.717, 1.165) is 18.4 Å². The average Bonchev–Trinajstić information content (AvgIpc) is 3.76. The minimum Gasteiger partial charge on any atom is -0.465 e. The molecule has 11 heteroatoms. The Morgan fingerprint density at radius 2 is 1.58 bits per heavy atom. The minimum absolute atomic E-state index is 0.196. The number of rotatable bonds is 5. The van der Waals surface area contributed by atoms with Gasteiger partial charge in [0.1, 0.15) is 5.54 Å². The van der Waals surface area contributed by atoms with Crippen LogP contribution in [0.2, 0.25) is 10.0 Å². The van der Waals surface area contributed by atoms with Crippen LogP contribution in [0.1, 0.15) is 18.4 Å². The van der Waals surface area contributed by atoms with Crippen LogP contribution >= 0.6 is 23.2 Å². The molecule has 3 fully saturated rings. The van der Waals surface area contributed by atoms with Gasteiger partial charge in [0.25, 0.3) is 0 Å². The van der Waals surface area contributed by atoms with Crippen LogP contribution in [-0.4, -0.2) is 100 Å². The Hall–Kier alpha value is -3.01. The van der Waals surface area contributed by atoms with E-state index < -0.39 is 11.6 Å². The molecule has 9 nitrogen and oxygen atoms in total. The number of urea groups is 1. The summed E-state index contributed by atoms with van der Waals surface area (Å²) < 4.78 is 0. The Bertz CT molecular complexity index is 1200. The zero-order valence-electron chi connectivity index (χ0n) is 21.0. The maximum absolute atomic E-state index is 14.3. The molecule has 0 aromatic heterocycles. The second-order valence-corrected chi connectivity index (χ2v) is 11.0. The number of benzene rings is 2. The van der Waals surface area contributed by atoms with Crippen LogP contribution in [-0.2, 0) is 11.2 Å². The van der Waals surface area contributed by atoms with Crippen molar-refractivity contribution in [1.29, 1.82) is 0 Å². The SMILES string of the molecule is O=C(Nc1ccc(Cl)c(Cl)c1)N1CCN(C(=O)C2(Cc3ccccc3)CN(C3CC3)CCN2C(=O)O)CC1. The van der Waals surface area contributed by atoms with Crippen molar-refractivity contribution >= 4 is 46.9 Å². The quantitative estimate of drug-likeness (QED) is 0.574. The third-order valence-corrected chi connectivity index (χ3v) is 8.39. The molecule has 2 heterocycles. The Labute approximate surface area is 231 Å². The Morgan fingerprint density at radius 3 is 2.21 bits per heavy atom. The topological polar surface area (TPSA) is 96.4 Å². The van der Waals surface area contributed by atoms with E-state index in [1.165, 1.54) is 4.90 Å². The average molecular weight is 560 g/mol. The van der Waals surface area contributed by atoms with Crippen LogP contribution in [0.4, 0.5) is 15.3 Å². The predicted octanol–water partition coefficient (Wildman–Crippen LogP) is 4.11. The molecular weight excluding hydrogens is 529 g/mol. The number of hydrogen-bond donors (Lipinski definition) is 2. The Kier molecular flexibility index (Phi) is 7.70. The summed E-state index contributed by atoms with van der Waals surface area (Å²) in [5.74, 6) is -0.196. The van der Waals surface area contributed by atoms with Crippen molar-refractivity contribution in [3.05, 3.63) is 64.1 Å². The molecule has 2 aromatic rings. The first-order valence-electron chi connectivity index (χ1n) is 12.9. The summed E-state index contributed by atoms with van der Waals surface area (Å²) in [6.45, 7) is 2.59. The van der Waals surface area contributed by atoms with E-state index in [0.29, 0.717) is 67.5 Å². The zero-order valence-corrected chi connectivity index (χ0v) is 22.5. The number of nitrogens with zero attached hydrogens (tertiary/aromatic N) is 4. The van der Waals surface area contributed by atoms with Gasteiger partial charge in [0.15, 0.2) is 0 Å². The van der Waals surface area contributed by atoms with E-state index in [4.69, 9.17) is 23.2 Å². The second-order valence-electron chi connectivity index (χ2n) is 10.2. The number of halogens is 2. The Balaban J connectivity index is 1.32. The molecule has 1 saturated carbocycles. The number of anilines is 1. The molecule has 3 aliphatic rings. The van der Waals surface area contributed by atoms with E-state index in [2.05, 4.69) is 10.2 Å². The molecule has 38 heavy (non-hydrogen) atoms. The maximum Gasteiger partial charge on any atom is 0.408 e. The van der Waals surface area contributed by atoms with E-state index in [9.17, 15) is 19.5 Å². The lowest BCUT2D eigenvalue weighted by Gasteiger charge is -2.51. The lowest BCUT2D eigenvalue weighted by molar-refractivity contribution is -0.149. The monoisotopic (exact) mass is 559 g/mol. The normalized spacial score (nSPS) is 22.3. The first-order valence-corrected chi connectivity index (χ1v) is 13.6. The molecule has 5 rings (SSSR count). The van der Waals surface area contributed by atoms with Gasteiger partial charge in [-0.1, -0.05) is 53.5 Å². The molecule has 2 N–H and O–H groups in total. The molecule has 2 aromatic carbocycles. The summed E-state index contributed by atoms with van der Waals surface area (Å²) >= 11 is 12.0. The molecule has 2 aliphatic heterocycles. The van der Waals surface area contributed by atoms with Crippen molar-refractivity contribution in [2.75, 3.05) is 51.1 Å². The lowest BCUT2D eigenvalue weighted by Crippen LogP contribution is -2.72. The van der Waals surface area contributed by atoms with Crippen molar-refractivity contribution < 1.29 is 19.5 Å². The highest BCUT2D eigenvalue weighted by Gasteiger charge is 2.54. The third kappa shape index (κ3) is 5.55. The number of hydrogen-bond acceptors (Lipinski definition) is 4. The highest BCUT2D eigenvalue weighted by atomic mass is 35.5. The second kappa shape index (κ2) is 11.0. The lowest BCUT2D eigenvalue weighted by atomic mass is 9.84. The van der Waals surface area contributed by atoms with E-state index in [1.807, 2.05) is 30.3 Å². The van der Waals surface area contributed by atoms with Gasteiger partial charge >= 0.3 is 12.1 Å². The number of carboxylic acid groups (broad SMARTS) is 1. The van der Waals surface area contributed by atoms with E-state index >= 15 is 0 Å². The number of carbonyl (C=O) groups excluding carboxylic acids is 2. The van der Waals surface area contributed by atoms with Gasteiger partial charge in [-0.2, -0.15) is 0 Å². The smallest absolute Gasteiger partial charge is 0.408 e.